The Morgan fingerprint density at radius 3 is 2.62 bits per heavy atom. The Morgan fingerprint density at radius 1 is 1.21 bits per heavy atom. The van der Waals surface area contributed by atoms with Crippen molar-refractivity contribution < 1.29 is 9.90 Å². The highest BCUT2D eigenvalue weighted by atomic mass is 16.3. The van der Waals surface area contributed by atoms with Crippen molar-refractivity contribution >= 4 is 11.6 Å². The van der Waals surface area contributed by atoms with Gasteiger partial charge < -0.3 is 10.4 Å². The van der Waals surface area contributed by atoms with Crippen LogP contribution >= 0.6 is 0 Å². The largest absolute Gasteiger partial charge is 0.493 e. The van der Waals surface area contributed by atoms with Crippen LogP contribution < -0.4 is 10.9 Å². The van der Waals surface area contributed by atoms with Crippen molar-refractivity contribution in [1.29, 1.82) is 0 Å². The molecule has 2 heterocycles. The standard InChI is InChI=1S/C18H17N3O3/c1-11-7-6-10-21-15(11)20-17(23)14(18(21)24)16(22)19-12(2)13-8-4-3-5-9-13/h3-10,12,23H,1-2H3,(H,19,22). The highest BCUT2D eigenvalue weighted by Crippen LogP contribution is 2.16. The Bertz CT molecular complexity index is 964. The van der Waals surface area contributed by atoms with Crippen LogP contribution in [0.15, 0.2) is 53.5 Å². The first kappa shape index (κ1) is 15.7. The van der Waals surface area contributed by atoms with Gasteiger partial charge in [-0.3, -0.25) is 14.0 Å². The second-order valence-corrected chi connectivity index (χ2v) is 5.61. The number of amides is 1. The molecule has 0 saturated heterocycles. The Morgan fingerprint density at radius 2 is 1.92 bits per heavy atom. The average Bonchev–Trinajstić information content (AvgIpc) is 2.57. The third-order valence-electron chi connectivity index (χ3n) is 3.90. The first-order valence-corrected chi connectivity index (χ1v) is 7.56. The molecule has 1 unspecified atom stereocenters. The smallest absolute Gasteiger partial charge is 0.274 e. The summed E-state index contributed by atoms with van der Waals surface area (Å²) in [5, 5.41) is 12.8. The molecule has 6 nitrogen and oxygen atoms in total. The third-order valence-corrected chi connectivity index (χ3v) is 3.90. The molecule has 2 N–H and O–H groups in total. The molecule has 6 heteroatoms. The molecule has 2 aromatic heterocycles. The molecule has 1 atom stereocenters. The zero-order chi connectivity index (χ0) is 17.3. The van der Waals surface area contributed by atoms with Gasteiger partial charge in [0.25, 0.3) is 11.5 Å². The number of rotatable bonds is 3. The molecular weight excluding hydrogens is 306 g/mol. The molecule has 0 saturated carbocycles. The van der Waals surface area contributed by atoms with Crippen LogP contribution in [0.2, 0.25) is 0 Å². The molecule has 0 aliphatic rings. The number of carbonyl (C=O) groups is 1. The van der Waals surface area contributed by atoms with Crippen LogP contribution in [-0.2, 0) is 0 Å². The number of pyridine rings is 1. The van der Waals surface area contributed by atoms with E-state index in [-0.39, 0.29) is 11.6 Å². The van der Waals surface area contributed by atoms with Crippen LogP contribution in [0.25, 0.3) is 5.65 Å². The van der Waals surface area contributed by atoms with Crippen LogP contribution in [0.1, 0.15) is 34.5 Å². The van der Waals surface area contributed by atoms with Gasteiger partial charge in [0.1, 0.15) is 5.65 Å². The summed E-state index contributed by atoms with van der Waals surface area (Å²) in [4.78, 5) is 29.0. The summed E-state index contributed by atoms with van der Waals surface area (Å²) in [5.74, 6) is -1.22. The van der Waals surface area contributed by atoms with E-state index in [2.05, 4.69) is 10.3 Å². The number of carbonyl (C=O) groups excluding carboxylic acids is 1. The molecule has 0 spiro atoms. The molecule has 0 aliphatic carbocycles. The van der Waals surface area contributed by atoms with Gasteiger partial charge in [0.15, 0.2) is 5.56 Å². The molecule has 0 aliphatic heterocycles. The average molecular weight is 323 g/mol. The lowest BCUT2D eigenvalue weighted by atomic mass is 10.1. The fourth-order valence-corrected chi connectivity index (χ4v) is 2.58. The number of fused-ring (bicyclic) bond motifs is 1. The first-order chi connectivity index (χ1) is 11.5. The minimum Gasteiger partial charge on any atom is -0.493 e. The predicted molar refractivity (Wildman–Crippen MR) is 90.2 cm³/mol. The molecule has 3 rings (SSSR count). The summed E-state index contributed by atoms with van der Waals surface area (Å²) in [6.07, 6.45) is 1.52. The lowest BCUT2D eigenvalue weighted by molar-refractivity contribution is 0.0934. The predicted octanol–water partition coefficient (Wildman–Crippen LogP) is 2.20. The fourth-order valence-electron chi connectivity index (χ4n) is 2.58. The summed E-state index contributed by atoms with van der Waals surface area (Å²) < 4.78 is 1.26. The molecule has 0 fully saturated rings. The van der Waals surface area contributed by atoms with Crippen molar-refractivity contribution in [2.45, 2.75) is 19.9 Å². The van der Waals surface area contributed by atoms with Gasteiger partial charge in [-0.2, -0.15) is 4.98 Å². The van der Waals surface area contributed by atoms with Crippen molar-refractivity contribution in [2.75, 3.05) is 0 Å². The van der Waals surface area contributed by atoms with Crippen molar-refractivity contribution in [3.05, 3.63) is 75.7 Å². The molecule has 0 radical (unpaired) electrons. The number of nitrogens with one attached hydrogen (secondary N) is 1. The van der Waals surface area contributed by atoms with Gasteiger partial charge >= 0.3 is 0 Å². The Labute approximate surface area is 138 Å². The number of hydrogen-bond acceptors (Lipinski definition) is 4. The molecule has 1 aromatic carbocycles. The summed E-state index contributed by atoms with van der Waals surface area (Å²) in [7, 11) is 0. The summed E-state index contributed by atoms with van der Waals surface area (Å²) in [6.45, 7) is 3.58. The van der Waals surface area contributed by atoms with Crippen LogP contribution in [0.5, 0.6) is 5.88 Å². The number of hydrogen-bond donors (Lipinski definition) is 2. The summed E-state index contributed by atoms with van der Waals surface area (Å²) in [5.41, 5.74) is 0.997. The number of aromatic hydroxyl groups is 1. The van der Waals surface area contributed by atoms with Crippen molar-refractivity contribution in [3.63, 3.8) is 0 Å². The van der Waals surface area contributed by atoms with Crippen LogP contribution in [0.4, 0.5) is 0 Å². The highest BCUT2D eigenvalue weighted by molar-refractivity contribution is 5.96. The SMILES string of the molecule is Cc1cccn2c(=O)c(C(=O)NC(C)c3ccccc3)c(O)nc12. The van der Waals surface area contributed by atoms with Gasteiger partial charge in [0, 0.05) is 6.20 Å². The second-order valence-electron chi connectivity index (χ2n) is 5.61. The van der Waals surface area contributed by atoms with Gasteiger partial charge in [-0.15, -0.1) is 0 Å². The topological polar surface area (TPSA) is 83.7 Å². The maximum atomic E-state index is 12.6. The van der Waals surface area contributed by atoms with Crippen molar-refractivity contribution in [3.8, 4) is 5.88 Å². The molecular formula is C18H17N3O3. The van der Waals surface area contributed by atoms with Crippen molar-refractivity contribution in [1.82, 2.24) is 14.7 Å². The number of aromatic nitrogens is 2. The minimum absolute atomic E-state index is 0.310. The van der Waals surface area contributed by atoms with E-state index in [0.717, 1.165) is 11.1 Å². The van der Waals surface area contributed by atoms with E-state index in [0.29, 0.717) is 5.65 Å². The normalized spacial score (nSPS) is 12.1. The second kappa shape index (κ2) is 6.16. The van der Waals surface area contributed by atoms with E-state index in [9.17, 15) is 14.7 Å². The van der Waals surface area contributed by atoms with Crippen LogP contribution in [-0.4, -0.2) is 20.4 Å². The maximum absolute atomic E-state index is 12.6. The number of aryl methyl sites for hydroxylation is 1. The van der Waals surface area contributed by atoms with E-state index in [1.54, 1.807) is 26.0 Å². The lowest BCUT2D eigenvalue weighted by Crippen LogP contribution is -2.33. The van der Waals surface area contributed by atoms with Gasteiger partial charge in [-0.25, -0.2) is 0 Å². The summed E-state index contributed by atoms with van der Waals surface area (Å²) >= 11 is 0. The molecule has 3 aromatic rings. The van der Waals surface area contributed by atoms with Gasteiger partial charge in [-0.1, -0.05) is 36.4 Å². The number of benzene rings is 1. The monoisotopic (exact) mass is 323 g/mol. The Hall–Kier alpha value is -3.15. The van der Waals surface area contributed by atoms with Crippen LogP contribution in [0.3, 0.4) is 0 Å². The number of nitrogens with zero attached hydrogens (tertiary/aromatic N) is 2. The lowest BCUT2D eigenvalue weighted by Gasteiger charge is -2.15. The van der Waals surface area contributed by atoms with Crippen molar-refractivity contribution in [2.24, 2.45) is 0 Å². The molecule has 122 valence electrons. The fraction of sp³-hybridized carbons (Fsp3) is 0.167. The Kier molecular flexibility index (Phi) is 4.04. The molecule has 1 amide bonds. The Balaban J connectivity index is 2.00. The summed E-state index contributed by atoms with van der Waals surface area (Å²) in [6, 6.07) is 12.5. The molecule has 0 bridgehead atoms. The van der Waals surface area contributed by atoms with Gasteiger partial charge in [0.2, 0.25) is 5.88 Å². The van der Waals surface area contributed by atoms with E-state index in [1.807, 2.05) is 30.3 Å². The first-order valence-electron chi connectivity index (χ1n) is 7.56. The zero-order valence-corrected chi connectivity index (χ0v) is 13.4. The van der Waals surface area contributed by atoms with E-state index in [4.69, 9.17) is 0 Å². The maximum Gasteiger partial charge on any atom is 0.274 e. The minimum atomic E-state index is -0.655. The zero-order valence-electron chi connectivity index (χ0n) is 13.4. The third kappa shape index (κ3) is 2.74. The molecule has 24 heavy (non-hydrogen) atoms. The quantitative estimate of drug-likeness (QED) is 0.774. The van der Waals surface area contributed by atoms with Gasteiger partial charge in [-0.05, 0) is 31.0 Å². The van der Waals surface area contributed by atoms with Gasteiger partial charge in [0.05, 0.1) is 6.04 Å². The van der Waals surface area contributed by atoms with E-state index in [1.165, 1.54) is 10.6 Å². The van der Waals surface area contributed by atoms with E-state index < -0.39 is 17.3 Å². The van der Waals surface area contributed by atoms with E-state index >= 15 is 0 Å². The highest BCUT2D eigenvalue weighted by Gasteiger charge is 2.22. The van der Waals surface area contributed by atoms with Crippen LogP contribution in [0, 0.1) is 6.92 Å².